The Balaban J connectivity index is 1.57. The van der Waals surface area contributed by atoms with Crippen LogP contribution in [-0.4, -0.2) is 47.4 Å². The molecule has 4 rings (SSSR count). The fraction of sp³-hybridized carbons (Fsp3) is 0.136. The summed E-state index contributed by atoms with van der Waals surface area (Å²) in [5.41, 5.74) is 5.80. The van der Waals surface area contributed by atoms with E-state index in [0.29, 0.717) is 21.0 Å². The van der Waals surface area contributed by atoms with Crippen LogP contribution in [0.5, 0.6) is 0 Å². The van der Waals surface area contributed by atoms with Gasteiger partial charge in [0.1, 0.15) is 21.6 Å². The Hall–Kier alpha value is -3.61. The van der Waals surface area contributed by atoms with Crippen molar-refractivity contribution in [3.05, 3.63) is 85.0 Å². The number of amidine groups is 1. The maximum absolute atomic E-state index is 13.0. The van der Waals surface area contributed by atoms with Gasteiger partial charge >= 0.3 is 5.69 Å². The number of nitrogens with one attached hydrogen (secondary N) is 1. The third-order valence-corrected chi connectivity index (χ3v) is 8.57. The van der Waals surface area contributed by atoms with Gasteiger partial charge in [0.25, 0.3) is 5.56 Å². The molecule has 0 fully saturated rings. The summed E-state index contributed by atoms with van der Waals surface area (Å²) in [6, 6.07) is 10.4. The van der Waals surface area contributed by atoms with Gasteiger partial charge in [0.15, 0.2) is 15.6 Å². The van der Waals surface area contributed by atoms with Crippen molar-refractivity contribution >= 4 is 55.3 Å². The molecule has 3 N–H and O–H groups in total. The van der Waals surface area contributed by atoms with E-state index in [4.69, 9.17) is 17.3 Å². The zero-order valence-corrected chi connectivity index (χ0v) is 20.6. The number of Topliss-reactive ketones (excluding diaryl/α,β-unsaturated/α-hetero) is 1. The number of sulfone groups is 1. The Bertz CT molecular complexity index is 1700. The van der Waals surface area contributed by atoms with Crippen LogP contribution < -0.4 is 17.0 Å². The van der Waals surface area contributed by atoms with Crippen molar-refractivity contribution in [3.63, 3.8) is 0 Å². The average Bonchev–Trinajstić information content (AvgIpc) is 3.26. The standard InChI is InChI=1S/C22H18ClN5O5S2/c1-25-20(24)13-3-4-15-16(9-13)27-22(31)28(21(15)30)18-6-2-12(10-26-18)8-14(29)11-35(32,33)19-7-5-17(23)34-19/h2-7,9-10H,8,11H2,1H3,(H2,24,25)(H,27,31). The largest absolute Gasteiger partial charge is 0.384 e. The van der Waals surface area contributed by atoms with Crippen molar-refractivity contribution in [2.75, 3.05) is 12.8 Å². The van der Waals surface area contributed by atoms with E-state index in [9.17, 15) is 22.8 Å². The second-order valence-electron chi connectivity index (χ2n) is 7.50. The lowest BCUT2D eigenvalue weighted by atomic mass is 10.1. The second kappa shape index (κ2) is 9.56. The van der Waals surface area contributed by atoms with E-state index in [1.54, 1.807) is 12.1 Å². The first-order chi connectivity index (χ1) is 16.6. The van der Waals surface area contributed by atoms with Crippen molar-refractivity contribution in [1.29, 1.82) is 0 Å². The second-order valence-corrected chi connectivity index (χ2v) is 11.4. The number of hydrogen-bond acceptors (Lipinski definition) is 8. The molecule has 35 heavy (non-hydrogen) atoms. The van der Waals surface area contributed by atoms with Gasteiger partial charge in [-0.1, -0.05) is 23.7 Å². The van der Waals surface area contributed by atoms with E-state index >= 15 is 0 Å². The normalized spacial score (nSPS) is 12.2. The summed E-state index contributed by atoms with van der Waals surface area (Å²) in [5.74, 6) is -0.898. The summed E-state index contributed by atoms with van der Waals surface area (Å²) < 4.78 is 25.9. The van der Waals surface area contributed by atoms with Crippen LogP contribution in [0.1, 0.15) is 11.1 Å². The number of aromatic nitrogens is 3. The topological polar surface area (TPSA) is 157 Å². The Morgan fingerprint density at radius 1 is 1.20 bits per heavy atom. The van der Waals surface area contributed by atoms with E-state index < -0.39 is 32.6 Å². The number of benzene rings is 1. The van der Waals surface area contributed by atoms with Crippen molar-refractivity contribution in [2.24, 2.45) is 10.7 Å². The highest BCUT2D eigenvalue weighted by Crippen LogP contribution is 2.26. The Morgan fingerprint density at radius 2 is 1.97 bits per heavy atom. The summed E-state index contributed by atoms with van der Waals surface area (Å²) in [6.45, 7) is 0. The molecule has 3 heterocycles. The van der Waals surface area contributed by atoms with Crippen LogP contribution in [0.4, 0.5) is 0 Å². The molecule has 0 bridgehead atoms. The number of halogens is 1. The zero-order chi connectivity index (χ0) is 25.3. The molecule has 0 radical (unpaired) electrons. The van der Waals surface area contributed by atoms with E-state index in [2.05, 4.69) is 15.0 Å². The Kier molecular flexibility index (Phi) is 6.70. The number of aliphatic imine (C=N–C) groups is 1. The predicted molar refractivity (Wildman–Crippen MR) is 135 cm³/mol. The molecule has 180 valence electrons. The number of fused-ring (bicyclic) bond motifs is 1. The summed E-state index contributed by atoms with van der Waals surface area (Å²) in [6.07, 6.45) is 1.14. The van der Waals surface area contributed by atoms with Gasteiger partial charge in [-0.15, -0.1) is 11.3 Å². The molecule has 0 atom stereocenters. The molecule has 0 unspecified atom stereocenters. The monoisotopic (exact) mass is 531 g/mol. The number of ketones is 1. The molecular formula is C22H18ClN5O5S2. The van der Waals surface area contributed by atoms with Gasteiger partial charge in [-0.3, -0.25) is 14.6 Å². The van der Waals surface area contributed by atoms with Crippen LogP contribution in [-0.2, 0) is 21.1 Å². The van der Waals surface area contributed by atoms with Gasteiger partial charge in [-0.2, -0.15) is 0 Å². The molecular weight excluding hydrogens is 514 g/mol. The number of rotatable bonds is 7. The summed E-state index contributed by atoms with van der Waals surface area (Å²) in [7, 11) is -2.26. The predicted octanol–water partition coefficient (Wildman–Crippen LogP) is 1.71. The van der Waals surface area contributed by atoms with Gasteiger partial charge in [-0.05, 0) is 35.9 Å². The molecule has 0 spiro atoms. The third kappa shape index (κ3) is 5.09. The number of nitrogens with two attached hydrogens (primary N) is 1. The number of pyridine rings is 1. The minimum Gasteiger partial charge on any atom is -0.384 e. The van der Waals surface area contributed by atoms with Crippen LogP contribution in [0.3, 0.4) is 0 Å². The fourth-order valence-electron chi connectivity index (χ4n) is 3.39. The quantitative estimate of drug-likeness (QED) is 0.271. The molecule has 0 saturated heterocycles. The highest BCUT2D eigenvalue weighted by molar-refractivity contribution is 7.94. The van der Waals surface area contributed by atoms with Gasteiger partial charge in [0.2, 0.25) is 0 Å². The number of nitrogens with zero attached hydrogens (tertiary/aromatic N) is 3. The summed E-state index contributed by atoms with van der Waals surface area (Å²) in [5, 5.41) is 0.247. The number of aromatic amines is 1. The first-order valence-corrected chi connectivity index (χ1v) is 12.9. The number of thiophene rings is 1. The van der Waals surface area contributed by atoms with Crippen LogP contribution >= 0.6 is 22.9 Å². The smallest absolute Gasteiger partial charge is 0.334 e. The van der Waals surface area contributed by atoms with Crippen molar-refractivity contribution < 1.29 is 13.2 Å². The highest BCUT2D eigenvalue weighted by Gasteiger charge is 2.21. The third-order valence-electron chi connectivity index (χ3n) is 5.08. The average molecular weight is 532 g/mol. The Labute approximate surface area is 207 Å². The van der Waals surface area contributed by atoms with E-state index in [1.165, 1.54) is 43.6 Å². The maximum atomic E-state index is 13.0. The zero-order valence-electron chi connectivity index (χ0n) is 18.2. The molecule has 0 saturated carbocycles. The number of hydrogen-bond donors (Lipinski definition) is 2. The van der Waals surface area contributed by atoms with Crippen LogP contribution in [0, 0.1) is 0 Å². The SMILES string of the molecule is CN=C(N)c1ccc2c(=O)n(-c3ccc(CC(=O)CS(=O)(=O)c4ccc(Cl)s4)cn3)c(=O)[nH]c2c1. The molecule has 0 aliphatic carbocycles. The molecule has 3 aromatic heterocycles. The number of carbonyl (C=O) groups is 1. The molecule has 0 amide bonds. The molecule has 0 aliphatic heterocycles. The first kappa shape index (κ1) is 24.5. The lowest BCUT2D eigenvalue weighted by Gasteiger charge is -2.08. The van der Waals surface area contributed by atoms with E-state index in [1.807, 2.05) is 0 Å². The van der Waals surface area contributed by atoms with Crippen molar-refractivity contribution in [2.45, 2.75) is 10.6 Å². The molecule has 4 aromatic rings. The van der Waals surface area contributed by atoms with Gasteiger partial charge < -0.3 is 10.7 Å². The van der Waals surface area contributed by atoms with Gasteiger partial charge in [-0.25, -0.2) is 22.8 Å². The number of H-pyrrole nitrogens is 1. The highest BCUT2D eigenvalue weighted by atomic mass is 35.5. The van der Waals surface area contributed by atoms with Crippen LogP contribution in [0.2, 0.25) is 4.34 Å². The Morgan fingerprint density at radius 3 is 2.60 bits per heavy atom. The molecule has 13 heteroatoms. The summed E-state index contributed by atoms with van der Waals surface area (Å²) >= 11 is 6.67. The van der Waals surface area contributed by atoms with Gasteiger partial charge in [0.05, 0.1) is 15.2 Å². The number of carbonyl (C=O) groups excluding carboxylic acids is 1. The fourth-order valence-corrected chi connectivity index (χ4v) is 6.21. The lowest BCUT2D eigenvalue weighted by molar-refractivity contribution is -0.116. The van der Waals surface area contributed by atoms with E-state index in [-0.39, 0.29) is 27.7 Å². The van der Waals surface area contributed by atoms with Crippen molar-refractivity contribution in [1.82, 2.24) is 14.5 Å². The van der Waals surface area contributed by atoms with Gasteiger partial charge in [0, 0.05) is 25.2 Å². The van der Waals surface area contributed by atoms with Crippen molar-refractivity contribution in [3.8, 4) is 5.82 Å². The molecule has 0 aliphatic rings. The van der Waals surface area contributed by atoms with Crippen LogP contribution in [0.15, 0.2) is 67.5 Å². The molecule has 10 nitrogen and oxygen atoms in total. The van der Waals surface area contributed by atoms with E-state index in [0.717, 1.165) is 15.9 Å². The summed E-state index contributed by atoms with van der Waals surface area (Å²) in [4.78, 5) is 48.6. The minimum atomic E-state index is -3.79. The molecule has 1 aromatic carbocycles. The lowest BCUT2D eigenvalue weighted by Crippen LogP contribution is -2.34. The first-order valence-electron chi connectivity index (χ1n) is 10.1. The minimum absolute atomic E-state index is 0.0241. The maximum Gasteiger partial charge on any atom is 0.334 e. The van der Waals surface area contributed by atoms with Crippen LogP contribution in [0.25, 0.3) is 16.7 Å².